The number of amides is 1. The molecule has 0 saturated heterocycles. The van der Waals surface area contributed by atoms with Crippen LogP contribution in [0.2, 0.25) is 0 Å². The monoisotopic (exact) mass is 377 g/mol. The smallest absolute Gasteiger partial charge is 0.244 e. The summed E-state index contributed by atoms with van der Waals surface area (Å²) in [7, 11) is 1.58. The van der Waals surface area contributed by atoms with Crippen LogP contribution in [-0.4, -0.2) is 13.0 Å². The van der Waals surface area contributed by atoms with E-state index in [-0.39, 0.29) is 17.8 Å². The normalized spacial score (nSPS) is 12.2. The second-order valence-electron chi connectivity index (χ2n) is 5.00. The minimum Gasteiger partial charge on any atom is -0.496 e. The van der Waals surface area contributed by atoms with Gasteiger partial charge in [0.25, 0.3) is 0 Å². The summed E-state index contributed by atoms with van der Waals surface area (Å²) in [5.74, 6) is 0.154. The molecule has 2 aromatic rings. The fraction of sp³-hybridized carbons (Fsp3) is 0.167. The molecule has 2 aromatic carbocycles. The molecular weight excluding hydrogens is 361 g/mol. The van der Waals surface area contributed by atoms with Crippen LogP contribution in [0.25, 0.3) is 6.08 Å². The van der Waals surface area contributed by atoms with Crippen molar-refractivity contribution in [3.8, 4) is 5.75 Å². The Bertz CT molecular complexity index is 713. The highest BCUT2D eigenvalue weighted by molar-refractivity contribution is 9.10. The summed E-state index contributed by atoms with van der Waals surface area (Å²) in [5, 5.41) is 2.84. The van der Waals surface area contributed by atoms with Crippen LogP contribution in [0.1, 0.15) is 24.1 Å². The Hall–Kier alpha value is -2.14. The fourth-order valence-electron chi connectivity index (χ4n) is 2.10. The largest absolute Gasteiger partial charge is 0.496 e. The molecular formula is C18H17BrFNO2. The number of carbonyl (C=O) groups excluding carboxylic acids is 1. The van der Waals surface area contributed by atoms with Crippen molar-refractivity contribution < 1.29 is 13.9 Å². The number of nitrogens with one attached hydrogen (secondary N) is 1. The molecule has 0 bridgehead atoms. The zero-order valence-electron chi connectivity index (χ0n) is 12.8. The van der Waals surface area contributed by atoms with E-state index in [0.29, 0.717) is 5.75 Å². The number of benzene rings is 2. The molecule has 0 aromatic heterocycles. The Morgan fingerprint density at radius 3 is 2.61 bits per heavy atom. The fourth-order valence-corrected chi connectivity index (χ4v) is 2.48. The summed E-state index contributed by atoms with van der Waals surface area (Å²) in [4.78, 5) is 12.0. The number of carbonyl (C=O) groups is 1. The van der Waals surface area contributed by atoms with E-state index in [1.165, 1.54) is 18.2 Å². The molecule has 0 aliphatic heterocycles. The summed E-state index contributed by atoms with van der Waals surface area (Å²) in [6.45, 7) is 1.85. The van der Waals surface area contributed by atoms with Crippen LogP contribution in [0, 0.1) is 5.82 Å². The first-order chi connectivity index (χ1) is 11.0. The Balaban J connectivity index is 2.04. The van der Waals surface area contributed by atoms with Crippen molar-refractivity contribution in [2.75, 3.05) is 7.11 Å². The average Bonchev–Trinajstić information content (AvgIpc) is 2.53. The minimum absolute atomic E-state index is 0.211. The molecule has 23 heavy (non-hydrogen) atoms. The third kappa shape index (κ3) is 4.93. The highest BCUT2D eigenvalue weighted by Gasteiger charge is 2.08. The number of rotatable bonds is 5. The first-order valence-electron chi connectivity index (χ1n) is 7.07. The topological polar surface area (TPSA) is 38.3 Å². The van der Waals surface area contributed by atoms with Gasteiger partial charge in [-0.3, -0.25) is 4.79 Å². The maximum atomic E-state index is 12.9. The number of halogens is 2. The number of ether oxygens (including phenoxy) is 1. The quantitative estimate of drug-likeness (QED) is 0.779. The Morgan fingerprint density at radius 1 is 1.26 bits per heavy atom. The second-order valence-corrected chi connectivity index (χ2v) is 5.92. The van der Waals surface area contributed by atoms with Gasteiger partial charge in [0, 0.05) is 16.1 Å². The lowest BCUT2D eigenvalue weighted by atomic mass is 10.1. The summed E-state index contributed by atoms with van der Waals surface area (Å²) >= 11 is 3.39. The molecule has 0 spiro atoms. The highest BCUT2D eigenvalue weighted by atomic mass is 79.9. The van der Waals surface area contributed by atoms with Crippen LogP contribution in [0.15, 0.2) is 53.0 Å². The minimum atomic E-state index is -0.297. The first-order valence-corrected chi connectivity index (χ1v) is 7.86. The predicted molar refractivity (Wildman–Crippen MR) is 92.7 cm³/mol. The van der Waals surface area contributed by atoms with Gasteiger partial charge in [-0.1, -0.05) is 28.1 Å². The van der Waals surface area contributed by atoms with Crippen LogP contribution in [0.4, 0.5) is 4.39 Å². The lowest BCUT2D eigenvalue weighted by Crippen LogP contribution is -2.24. The molecule has 0 saturated carbocycles. The van der Waals surface area contributed by atoms with Crippen LogP contribution in [-0.2, 0) is 4.79 Å². The zero-order chi connectivity index (χ0) is 16.8. The van der Waals surface area contributed by atoms with Gasteiger partial charge < -0.3 is 10.1 Å². The second kappa shape index (κ2) is 7.92. The van der Waals surface area contributed by atoms with E-state index in [1.54, 1.807) is 25.3 Å². The molecule has 1 atom stereocenters. The Labute approximate surface area is 143 Å². The molecule has 120 valence electrons. The molecule has 0 fully saturated rings. The standard InChI is InChI=1S/C18H17BrFNO2/c1-12(13-3-7-16(20)8-4-13)21-18(22)10-5-14-11-15(19)6-9-17(14)23-2/h3-12H,1-2H3,(H,21,22)/b10-5+/t12-/m1/s1. The molecule has 0 unspecified atom stereocenters. The maximum absolute atomic E-state index is 12.9. The van der Waals surface area contributed by atoms with Crippen LogP contribution in [0.3, 0.4) is 0 Å². The zero-order valence-corrected chi connectivity index (χ0v) is 14.4. The van der Waals surface area contributed by atoms with Gasteiger partial charge in [-0.05, 0) is 48.9 Å². The lowest BCUT2D eigenvalue weighted by molar-refractivity contribution is -0.117. The van der Waals surface area contributed by atoms with Crippen molar-refractivity contribution in [2.45, 2.75) is 13.0 Å². The van der Waals surface area contributed by atoms with Gasteiger partial charge in [0.15, 0.2) is 0 Å². The van der Waals surface area contributed by atoms with E-state index in [4.69, 9.17) is 4.74 Å². The van der Waals surface area contributed by atoms with Crippen molar-refractivity contribution in [3.63, 3.8) is 0 Å². The van der Waals surface area contributed by atoms with Gasteiger partial charge in [-0.25, -0.2) is 4.39 Å². The molecule has 1 N–H and O–H groups in total. The van der Waals surface area contributed by atoms with Gasteiger partial charge in [-0.15, -0.1) is 0 Å². The van der Waals surface area contributed by atoms with Crippen molar-refractivity contribution in [1.82, 2.24) is 5.32 Å². The summed E-state index contributed by atoms with van der Waals surface area (Å²) in [6, 6.07) is 11.4. The lowest BCUT2D eigenvalue weighted by Gasteiger charge is -2.12. The highest BCUT2D eigenvalue weighted by Crippen LogP contribution is 2.24. The molecule has 5 heteroatoms. The molecule has 0 aliphatic rings. The molecule has 0 radical (unpaired) electrons. The molecule has 3 nitrogen and oxygen atoms in total. The number of hydrogen-bond acceptors (Lipinski definition) is 2. The van der Waals surface area contributed by atoms with Gasteiger partial charge in [0.05, 0.1) is 13.2 Å². The van der Waals surface area contributed by atoms with E-state index >= 15 is 0 Å². The first kappa shape index (κ1) is 17.2. The van der Waals surface area contributed by atoms with E-state index in [2.05, 4.69) is 21.2 Å². The predicted octanol–water partition coefficient (Wildman–Crippen LogP) is 4.49. The van der Waals surface area contributed by atoms with Crippen molar-refractivity contribution in [2.24, 2.45) is 0 Å². The van der Waals surface area contributed by atoms with E-state index in [1.807, 2.05) is 25.1 Å². The van der Waals surface area contributed by atoms with Crippen LogP contribution < -0.4 is 10.1 Å². The third-order valence-corrected chi connectivity index (χ3v) is 3.83. The molecule has 2 rings (SSSR count). The van der Waals surface area contributed by atoms with Gasteiger partial charge in [0.1, 0.15) is 11.6 Å². The van der Waals surface area contributed by atoms with Crippen LogP contribution >= 0.6 is 15.9 Å². The van der Waals surface area contributed by atoms with Crippen LogP contribution in [0.5, 0.6) is 5.75 Å². The van der Waals surface area contributed by atoms with Gasteiger partial charge in [0.2, 0.25) is 5.91 Å². The summed E-state index contributed by atoms with van der Waals surface area (Å²) < 4.78 is 19.1. The van der Waals surface area contributed by atoms with Gasteiger partial charge in [-0.2, -0.15) is 0 Å². The summed E-state index contributed by atoms with van der Waals surface area (Å²) in [5.41, 5.74) is 1.64. The number of methoxy groups -OCH3 is 1. The van der Waals surface area contributed by atoms with E-state index < -0.39 is 0 Å². The van der Waals surface area contributed by atoms with Crippen molar-refractivity contribution >= 4 is 27.9 Å². The molecule has 1 amide bonds. The van der Waals surface area contributed by atoms with Crippen molar-refractivity contribution in [1.29, 1.82) is 0 Å². The van der Waals surface area contributed by atoms with E-state index in [9.17, 15) is 9.18 Å². The summed E-state index contributed by atoms with van der Waals surface area (Å²) in [6.07, 6.45) is 3.14. The average molecular weight is 378 g/mol. The molecule has 0 aliphatic carbocycles. The third-order valence-electron chi connectivity index (χ3n) is 3.33. The SMILES string of the molecule is COc1ccc(Br)cc1/C=C/C(=O)N[C@H](C)c1ccc(F)cc1. The number of hydrogen-bond donors (Lipinski definition) is 1. The van der Waals surface area contributed by atoms with Crippen molar-refractivity contribution in [3.05, 3.63) is 70.0 Å². The maximum Gasteiger partial charge on any atom is 0.244 e. The van der Waals surface area contributed by atoms with Gasteiger partial charge >= 0.3 is 0 Å². The molecule has 0 heterocycles. The van der Waals surface area contributed by atoms with E-state index in [0.717, 1.165) is 15.6 Å². The Morgan fingerprint density at radius 2 is 1.96 bits per heavy atom. The Kier molecular flexibility index (Phi) is 5.93.